The van der Waals surface area contributed by atoms with Crippen molar-refractivity contribution >= 4 is 0 Å². The predicted molar refractivity (Wildman–Crippen MR) is 48.1 cm³/mol. The molecule has 1 aromatic carbocycles. The zero-order valence-corrected chi connectivity index (χ0v) is 7.20. The number of rotatable bonds is 0. The van der Waals surface area contributed by atoms with E-state index in [9.17, 15) is 0 Å². The first-order valence-corrected chi connectivity index (χ1v) is 4.88. The molecule has 0 saturated heterocycles. The van der Waals surface area contributed by atoms with E-state index in [0.29, 0.717) is 11.8 Å². The summed E-state index contributed by atoms with van der Waals surface area (Å²) < 4.78 is 0. The van der Waals surface area contributed by atoms with Crippen LogP contribution in [0, 0.1) is 22.7 Å². The van der Waals surface area contributed by atoms with Gasteiger partial charge < -0.3 is 0 Å². The Morgan fingerprint density at radius 2 is 2.08 bits per heavy atom. The lowest BCUT2D eigenvalue weighted by Gasteiger charge is -2.32. The second-order valence-corrected chi connectivity index (χ2v) is 4.60. The van der Waals surface area contributed by atoms with Crippen LogP contribution in [-0.4, -0.2) is 0 Å². The van der Waals surface area contributed by atoms with E-state index in [0.717, 1.165) is 12.3 Å². The van der Waals surface area contributed by atoms with Crippen LogP contribution in [0.2, 0.25) is 0 Å². The summed E-state index contributed by atoms with van der Waals surface area (Å²) in [6.07, 6.45) is 1.13. The highest BCUT2D eigenvalue weighted by Crippen LogP contribution is 2.86. The van der Waals surface area contributed by atoms with Crippen molar-refractivity contribution in [3.05, 3.63) is 35.4 Å². The summed E-state index contributed by atoms with van der Waals surface area (Å²) in [4.78, 5) is 0. The van der Waals surface area contributed by atoms with Gasteiger partial charge in [-0.3, -0.25) is 0 Å². The van der Waals surface area contributed by atoms with Gasteiger partial charge in [-0.1, -0.05) is 24.3 Å². The average molecular weight is 167 g/mol. The van der Waals surface area contributed by atoms with E-state index < -0.39 is 0 Å². The Hall–Kier alpha value is -1.29. The lowest BCUT2D eigenvalue weighted by molar-refractivity contribution is 0.310. The Kier molecular flexibility index (Phi) is 0.729. The third-order valence-electron chi connectivity index (χ3n) is 4.33. The smallest absolute Gasteiger partial charge is 0.0699 e. The molecule has 0 spiro atoms. The standard InChI is InChI=1S/C12H9N/c13-6-12-5-9-7-3-1-2-4-8(7)10(12)11(9)12/h1-4,9-11H,5H2/t9-,10+,11-,12-/m1/s1. The van der Waals surface area contributed by atoms with E-state index in [1.54, 1.807) is 0 Å². The minimum atomic E-state index is 0.0963. The number of hydrogen-bond acceptors (Lipinski definition) is 1. The fraction of sp³-hybridized carbons (Fsp3) is 0.417. The van der Waals surface area contributed by atoms with Crippen LogP contribution in [-0.2, 0) is 0 Å². The van der Waals surface area contributed by atoms with Gasteiger partial charge >= 0.3 is 0 Å². The first kappa shape index (κ1) is 6.21. The van der Waals surface area contributed by atoms with Crippen LogP contribution in [0.15, 0.2) is 24.3 Å². The van der Waals surface area contributed by atoms with Crippen molar-refractivity contribution in [3.8, 4) is 6.07 Å². The molecular weight excluding hydrogens is 158 g/mol. The summed E-state index contributed by atoms with van der Waals surface area (Å²) in [6.45, 7) is 0. The lowest BCUT2D eigenvalue weighted by Crippen LogP contribution is -2.24. The Balaban J connectivity index is 1.97. The van der Waals surface area contributed by atoms with E-state index in [4.69, 9.17) is 5.26 Å². The van der Waals surface area contributed by atoms with Gasteiger partial charge in [-0.25, -0.2) is 0 Å². The van der Waals surface area contributed by atoms with Gasteiger partial charge in [-0.15, -0.1) is 0 Å². The van der Waals surface area contributed by atoms with Gasteiger partial charge in [0, 0.05) is 5.92 Å². The molecule has 0 unspecified atom stereocenters. The van der Waals surface area contributed by atoms with Crippen molar-refractivity contribution in [2.45, 2.75) is 18.3 Å². The summed E-state index contributed by atoms with van der Waals surface area (Å²) in [5.74, 6) is 2.05. The second-order valence-electron chi connectivity index (χ2n) is 4.60. The summed E-state index contributed by atoms with van der Waals surface area (Å²) in [7, 11) is 0. The van der Waals surface area contributed by atoms with Gasteiger partial charge in [0.15, 0.2) is 0 Å². The molecule has 3 aliphatic rings. The number of benzene rings is 1. The summed E-state index contributed by atoms with van der Waals surface area (Å²) in [5.41, 5.74) is 3.11. The van der Waals surface area contributed by atoms with Crippen LogP contribution in [0.5, 0.6) is 0 Å². The molecule has 1 aromatic rings. The predicted octanol–water partition coefficient (Wildman–Crippen LogP) is 2.41. The normalized spacial score (nSPS) is 47.2. The Labute approximate surface area is 77.0 Å². The largest absolute Gasteiger partial charge is 0.198 e. The molecule has 3 aliphatic carbocycles. The molecule has 0 radical (unpaired) electrons. The number of fused-ring (bicyclic) bond motifs is 4. The van der Waals surface area contributed by atoms with Crippen LogP contribution in [0.4, 0.5) is 0 Å². The van der Waals surface area contributed by atoms with Crippen molar-refractivity contribution in [2.75, 3.05) is 0 Å². The fourth-order valence-corrected chi connectivity index (χ4v) is 3.75. The zero-order valence-electron chi connectivity index (χ0n) is 7.20. The highest BCUT2D eigenvalue weighted by atomic mass is 14.8. The monoisotopic (exact) mass is 167 g/mol. The van der Waals surface area contributed by atoms with Gasteiger partial charge in [-0.2, -0.15) is 5.26 Å². The van der Waals surface area contributed by atoms with Crippen LogP contribution >= 0.6 is 0 Å². The Bertz CT molecular complexity index is 456. The highest BCUT2D eigenvalue weighted by Gasteiger charge is 2.80. The molecule has 0 aromatic heterocycles. The molecule has 0 bridgehead atoms. The van der Waals surface area contributed by atoms with Gasteiger partial charge in [0.2, 0.25) is 0 Å². The molecule has 0 aliphatic heterocycles. The summed E-state index contributed by atoms with van der Waals surface area (Å²) in [5, 5.41) is 9.08. The third-order valence-corrected chi connectivity index (χ3v) is 4.33. The Morgan fingerprint density at radius 3 is 2.85 bits per heavy atom. The SMILES string of the molecule is N#C[C@]12C[C@@H]3c4ccccc4[C@H]1[C@@H]32. The van der Waals surface area contributed by atoms with Crippen molar-refractivity contribution < 1.29 is 0 Å². The molecule has 1 heteroatoms. The van der Waals surface area contributed by atoms with Crippen molar-refractivity contribution in [3.63, 3.8) is 0 Å². The molecule has 2 saturated carbocycles. The summed E-state index contributed by atoms with van der Waals surface area (Å²) in [6, 6.07) is 11.2. The van der Waals surface area contributed by atoms with E-state index in [2.05, 4.69) is 30.3 Å². The first-order valence-electron chi connectivity index (χ1n) is 4.88. The van der Waals surface area contributed by atoms with Crippen LogP contribution in [0.25, 0.3) is 0 Å². The van der Waals surface area contributed by atoms with Crippen molar-refractivity contribution in [1.82, 2.24) is 0 Å². The molecule has 1 nitrogen and oxygen atoms in total. The molecule has 0 heterocycles. The fourth-order valence-electron chi connectivity index (χ4n) is 3.75. The quantitative estimate of drug-likeness (QED) is 0.582. The van der Waals surface area contributed by atoms with Gasteiger partial charge in [0.1, 0.15) is 0 Å². The maximum Gasteiger partial charge on any atom is 0.0699 e. The van der Waals surface area contributed by atoms with Gasteiger partial charge in [0.25, 0.3) is 0 Å². The second kappa shape index (κ2) is 1.53. The molecule has 4 rings (SSSR count). The molecular formula is C12H9N. The van der Waals surface area contributed by atoms with Crippen LogP contribution in [0.1, 0.15) is 29.4 Å². The van der Waals surface area contributed by atoms with Gasteiger partial charge in [-0.05, 0) is 29.4 Å². The third kappa shape index (κ3) is 0.425. The van der Waals surface area contributed by atoms with Crippen molar-refractivity contribution in [1.29, 1.82) is 5.26 Å². The zero-order chi connectivity index (χ0) is 8.63. The topological polar surface area (TPSA) is 23.8 Å². The average Bonchev–Trinajstić information content (AvgIpc) is 2.55. The van der Waals surface area contributed by atoms with E-state index in [1.165, 1.54) is 11.1 Å². The molecule has 4 atom stereocenters. The van der Waals surface area contributed by atoms with Crippen LogP contribution in [0.3, 0.4) is 0 Å². The maximum absolute atomic E-state index is 9.08. The lowest BCUT2D eigenvalue weighted by atomic mass is 9.69. The highest BCUT2D eigenvalue weighted by molar-refractivity contribution is 5.58. The molecule has 0 N–H and O–H groups in total. The molecule has 13 heavy (non-hydrogen) atoms. The van der Waals surface area contributed by atoms with Gasteiger partial charge in [0.05, 0.1) is 11.5 Å². The van der Waals surface area contributed by atoms with Crippen molar-refractivity contribution in [2.24, 2.45) is 11.3 Å². The first-order chi connectivity index (χ1) is 6.38. The Morgan fingerprint density at radius 1 is 1.31 bits per heavy atom. The maximum atomic E-state index is 9.08. The van der Waals surface area contributed by atoms with E-state index in [1.807, 2.05) is 0 Å². The van der Waals surface area contributed by atoms with E-state index in [-0.39, 0.29) is 5.41 Å². The number of hydrogen-bond donors (Lipinski definition) is 0. The summed E-state index contributed by atoms with van der Waals surface area (Å²) >= 11 is 0. The van der Waals surface area contributed by atoms with Crippen LogP contribution < -0.4 is 0 Å². The minimum Gasteiger partial charge on any atom is -0.198 e. The van der Waals surface area contributed by atoms with E-state index >= 15 is 0 Å². The molecule has 2 fully saturated rings. The number of nitriles is 1. The molecule has 0 amide bonds. The number of nitrogens with zero attached hydrogens (tertiary/aromatic N) is 1. The molecule has 62 valence electrons. The minimum absolute atomic E-state index is 0.0963.